The summed E-state index contributed by atoms with van der Waals surface area (Å²) in [5, 5.41) is 0. The molecule has 1 aliphatic rings. The van der Waals surface area contributed by atoms with E-state index in [0.717, 1.165) is 6.04 Å². The minimum absolute atomic E-state index is 0.0361. The maximum absolute atomic E-state index is 11.6. The van der Waals surface area contributed by atoms with Gasteiger partial charge in [0.15, 0.2) is 6.10 Å². The van der Waals surface area contributed by atoms with Gasteiger partial charge in [-0.15, -0.1) is 0 Å². The Balaban J connectivity index is 2.88. The lowest BCUT2D eigenvalue weighted by molar-refractivity contribution is -0.304. The van der Waals surface area contributed by atoms with Gasteiger partial charge in [0, 0.05) is 35.5 Å². The van der Waals surface area contributed by atoms with Crippen molar-refractivity contribution in [2.45, 2.75) is 84.1 Å². The molecule has 0 aromatic heterocycles. The van der Waals surface area contributed by atoms with Crippen LogP contribution < -0.4 is 0 Å². The third-order valence-corrected chi connectivity index (χ3v) is 5.66. The third kappa shape index (κ3) is 8.68. The van der Waals surface area contributed by atoms with Gasteiger partial charge in [-0.1, -0.05) is 19.6 Å². The highest BCUT2D eigenvalue weighted by Gasteiger charge is 2.50. The molecule has 0 saturated carbocycles. The van der Waals surface area contributed by atoms with Gasteiger partial charge in [0.1, 0.15) is 12.9 Å². The minimum Gasteiger partial charge on any atom is -0.455 e. The van der Waals surface area contributed by atoms with E-state index < -0.39 is 56.7 Å². The van der Waals surface area contributed by atoms with Crippen LogP contribution in [0.1, 0.15) is 27.7 Å². The van der Waals surface area contributed by atoms with Crippen LogP contribution in [-0.4, -0.2) is 70.1 Å². The van der Waals surface area contributed by atoms with Gasteiger partial charge in [0.2, 0.25) is 12.4 Å². The molecule has 5 atom stereocenters. The number of ether oxygens (including phenoxy) is 6. The molecular formula is C18H32O9Si. The highest BCUT2D eigenvalue weighted by atomic mass is 28.3. The molecule has 1 fully saturated rings. The first-order valence-electron chi connectivity index (χ1n) is 9.27. The van der Waals surface area contributed by atoms with Crippen molar-refractivity contribution in [3.05, 3.63) is 0 Å². The van der Waals surface area contributed by atoms with Crippen molar-refractivity contribution in [3.63, 3.8) is 0 Å². The summed E-state index contributed by atoms with van der Waals surface area (Å²) in [5.41, 5.74) is 0. The number of hydrogen-bond acceptors (Lipinski definition) is 9. The molecule has 28 heavy (non-hydrogen) atoms. The Morgan fingerprint density at radius 3 is 1.89 bits per heavy atom. The highest BCUT2D eigenvalue weighted by Crippen LogP contribution is 2.29. The summed E-state index contributed by atoms with van der Waals surface area (Å²) in [7, 11) is -1.23. The smallest absolute Gasteiger partial charge is 0.305 e. The zero-order valence-electron chi connectivity index (χ0n) is 17.7. The van der Waals surface area contributed by atoms with Crippen LogP contribution in [0, 0.1) is 0 Å². The summed E-state index contributed by atoms with van der Waals surface area (Å²) < 4.78 is 32.6. The zero-order valence-corrected chi connectivity index (χ0v) is 18.7. The van der Waals surface area contributed by atoms with Gasteiger partial charge >= 0.3 is 17.9 Å². The van der Waals surface area contributed by atoms with Crippen molar-refractivity contribution in [1.82, 2.24) is 0 Å². The predicted molar refractivity (Wildman–Crippen MR) is 101 cm³/mol. The maximum atomic E-state index is 11.6. The second-order valence-corrected chi connectivity index (χ2v) is 13.6. The SMILES string of the molecule is CC(=O)O[C@@H]1O[C@H](C)[C@H](OCOCC[Si](C)(C)C)[C@@H](OC(C)=O)[C@@H]1OC(C)=O. The Kier molecular flexibility index (Phi) is 9.55. The number of hydrogen-bond donors (Lipinski definition) is 0. The van der Waals surface area contributed by atoms with Crippen molar-refractivity contribution in [3.8, 4) is 0 Å². The summed E-state index contributed by atoms with van der Waals surface area (Å²) in [6.45, 7) is 12.6. The zero-order chi connectivity index (χ0) is 21.5. The maximum Gasteiger partial charge on any atom is 0.305 e. The molecule has 0 N–H and O–H groups in total. The molecule has 0 bridgehead atoms. The van der Waals surface area contributed by atoms with Crippen molar-refractivity contribution in [2.75, 3.05) is 13.4 Å². The molecule has 0 aromatic rings. The van der Waals surface area contributed by atoms with E-state index >= 15 is 0 Å². The lowest BCUT2D eigenvalue weighted by Gasteiger charge is -2.43. The van der Waals surface area contributed by atoms with Crippen LogP contribution in [0.25, 0.3) is 0 Å². The van der Waals surface area contributed by atoms with E-state index in [1.54, 1.807) is 6.92 Å². The molecule has 1 saturated heterocycles. The van der Waals surface area contributed by atoms with E-state index in [2.05, 4.69) is 19.6 Å². The minimum atomic E-state index is -1.23. The summed E-state index contributed by atoms with van der Waals surface area (Å²) >= 11 is 0. The van der Waals surface area contributed by atoms with E-state index in [-0.39, 0.29) is 6.79 Å². The number of carbonyl (C=O) groups excluding carboxylic acids is 3. The fraction of sp³-hybridized carbons (Fsp3) is 0.833. The van der Waals surface area contributed by atoms with Crippen LogP contribution >= 0.6 is 0 Å². The third-order valence-electron chi connectivity index (χ3n) is 3.95. The quantitative estimate of drug-likeness (QED) is 0.182. The van der Waals surface area contributed by atoms with E-state index in [0.29, 0.717) is 6.61 Å². The van der Waals surface area contributed by atoms with Gasteiger partial charge in [-0.05, 0) is 13.0 Å². The molecule has 1 aliphatic heterocycles. The van der Waals surface area contributed by atoms with Crippen LogP contribution in [0.4, 0.5) is 0 Å². The summed E-state index contributed by atoms with van der Waals surface area (Å²) in [4.78, 5) is 34.5. The van der Waals surface area contributed by atoms with Gasteiger partial charge < -0.3 is 28.4 Å². The van der Waals surface area contributed by atoms with Gasteiger partial charge in [-0.2, -0.15) is 0 Å². The molecule has 9 nitrogen and oxygen atoms in total. The van der Waals surface area contributed by atoms with Crippen molar-refractivity contribution in [2.24, 2.45) is 0 Å². The van der Waals surface area contributed by atoms with E-state index in [1.807, 2.05) is 0 Å². The van der Waals surface area contributed by atoms with Crippen LogP contribution in [0.5, 0.6) is 0 Å². The number of rotatable bonds is 9. The Labute approximate surface area is 166 Å². The Bertz CT molecular complexity index is 546. The van der Waals surface area contributed by atoms with E-state index in [4.69, 9.17) is 28.4 Å². The first-order valence-corrected chi connectivity index (χ1v) is 13.0. The van der Waals surface area contributed by atoms with Crippen LogP contribution in [0.3, 0.4) is 0 Å². The van der Waals surface area contributed by atoms with Crippen molar-refractivity contribution < 1.29 is 42.8 Å². The molecule has 0 spiro atoms. The predicted octanol–water partition coefficient (Wildman–Crippen LogP) is 1.86. The van der Waals surface area contributed by atoms with Crippen LogP contribution in [-0.2, 0) is 42.8 Å². The lowest BCUT2D eigenvalue weighted by Crippen LogP contribution is -2.61. The molecule has 0 radical (unpaired) electrons. The van der Waals surface area contributed by atoms with Crippen LogP contribution in [0.2, 0.25) is 25.7 Å². The molecule has 1 rings (SSSR count). The van der Waals surface area contributed by atoms with Gasteiger partial charge in [0.05, 0.1) is 6.10 Å². The van der Waals surface area contributed by atoms with Gasteiger partial charge in [-0.25, -0.2) is 0 Å². The van der Waals surface area contributed by atoms with E-state index in [9.17, 15) is 14.4 Å². The first kappa shape index (κ1) is 24.5. The summed E-state index contributed by atoms with van der Waals surface area (Å²) in [5.74, 6) is -1.85. The first-order chi connectivity index (χ1) is 12.9. The number of carbonyl (C=O) groups is 3. The van der Waals surface area contributed by atoms with Gasteiger partial charge in [-0.3, -0.25) is 14.4 Å². The second kappa shape index (κ2) is 10.9. The fourth-order valence-electron chi connectivity index (χ4n) is 2.67. The fourth-order valence-corrected chi connectivity index (χ4v) is 3.42. The van der Waals surface area contributed by atoms with E-state index in [1.165, 1.54) is 20.8 Å². The Morgan fingerprint density at radius 2 is 1.39 bits per heavy atom. The number of esters is 3. The average molecular weight is 421 g/mol. The van der Waals surface area contributed by atoms with Gasteiger partial charge in [0.25, 0.3) is 0 Å². The molecule has 0 aromatic carbocycles. The van der Waals surface area contributed by atoms with Crippen molar-refractivity contribution >= 4 is 26.0 Å². The monoisotopic (exact) mass is 420 g/mol. The topological polar surface area (TPSA) is 107 Å². The molecule has 0 unspecified atom stereocenters. The average Bonchev–Trinajstić information content (AvgIpc) is 2.50. The molecular weight excluding hydrogens is 388 g/mol. The lowest BCUT2D eigenvalue weighted by atomic mass is 9.99. The van der Waals surface area contributed by atoms with Crippen LogP contribution in [0.15, 0.2) is 0 Å². The Morgan fingerprint density at radius 1 is 0.857 bits per heavy atom. The van der Waals surface area contributed by atoms with Crippen molar-refractivity contribution in [1.29, 1.82) is 0 Å². The summed E-state index contributed by atoms with van der Waals surface area (Å²) in [6, 6.07) is 0.977. The molecule has 10 heteroatoms. The molecule has 0 amide bonds. The standard InChI is InChI=1S/C18H32O9Si/c1-11-15(23-10-22-8-9-28(5,6)7)16(25-12(2)19)17(26-13(3)20)18(24-11)27-14(4)21/h11,15-18H,8-10H2,1-7H3/t11-,15+,16-,17+,18+/m1/s1. The molecule has 1 heterocycles. The molecule has 0 aliphatic carbocycles. The Hall–Kier alpha value is -1.49. The normalized spacial score (nSPS) is 27.8. The summed E-state index contributed by atoms with van der Waals surface area (Å²) in [6.07, 6.45) is -4.77. The highest BCUT2D eigenvalue weighted by molar-refractivity contribution is 6.76. The molecule has 162 valence electrons. The largest absolute Gasteiger partial charge is 0.455 e. The second-order valence-electron chi connectivity index (χ2n) is 7.94.